The second kappa shape index (κ2) is 6.78. The third kappa shape index (κ3) is 2.92. The normalized spacial score (nSPS) is 16.6. The van der Waals surface area contributed by atoms with Crippen molar-refractivity contribution >= 4 is 23.2 Å². The molecule has 1 saturated heterocycles. The molecular formula is C20H20FN3O2. The molecule has 0 saturated carbocycles. The second-order valence-corrected chi connectivity index (χ2v) is 6.57. The lowest BCUT2D eigenvalue weighted by molar-refractivity contribution is -0.144. The second-order valence-electron chi connectivity index (χ2n) is 6.57. The Hall–Kier alpha value is -2.89. The zero-order valence-electron chi connectivity index (χ0n) is 14.4. The molecule has 2 amide bonds. The Morgan fingerprint density at radius 2 is 1.42 bits per heavy atom. The topological polar surface area (TPSA) is 43.9 Å². The Kier molecular flexibility index (Phi) is 4.32. The van der Waals surface area contributed by atoms with Crippen molar-refractivity contribution in [1.82, 2.24) is 4.90 Å². The number of amides is 2. The molecule has 0 atom stereocenters. The maximum atomic E-state index is 13.9. The van der Waals surface area contributed by atoms with Gasteiger partial charge in [-0.3, -0.25) is 9.59 Å². The van der Waals surface area contributed by atoms with Gasteiger partial charge in [0.2, 0.25) is 0 Å². The van der Waals surface area contributed by atoms with E-state index in [0.29, 0.717) is 38.4 Å². The quantitative estimate of drug-likeness (QED) is 0.737. The summed E-state index contributed by atoms with van der Waals surface area (Å²) in [6.45, 7) is 2.38. The standard InChI is InChI=1S/C20H20FN3O2/c21-16-6-2-4-8-18(16)22-11-13-23(14-12-22)19(25)20(26)24-10-9-15-5-1-3-7-17(15)24/h1-8H,9-14H2. The number of hydrogen-bond acceptors (Lipinski definition) is 3. The fourth-order valence-corrected chi connectivity index (χ4v) is 3.66. The number of anilines is 2. The maximum absolute atomic E-state index is 13.9. The minimum Gasteiger partial charge on any atom is -0.366 e. The van der Waals surface area contributed by atoms with Crippen LogP contribution in [0, 0.1) is 5.82 Å². The summed E-state index contributed by atoms with van der Waals surface area (Å²) in [4.78, 5) is 30.4. The van der Waals surface area contributed by atoms with E-state index >= 15 is 0 Å². The molecule has 2 aliphatic heterocycles. The van der Waals surface area contributed by atoms with Crippen LogP contribution in [0.2, 0.25) is 0 Å². The molecule has 2 heterocycles. The molecule has 0 bridgehead atoms. The van der Waals surface area contributed by atoms with Gasteiger partial charge in [-0.2, -0.15) is 0 Å². The van der Waals surface area contributed by atoms with E-state index in [0.717, 1.165) is 17.7 Å². The van der Waals surface area contributed by atoms with Crippen LogP contribution in [0.4, 0.5) is 15.8 Å². The molecule has 1 fully saturated rings. The van der Waals surface area contributed by atoms with Crippen molar-refractivity contribution < 1.29 is 14.0 Å². The highest BCUT2D eigenvalue weighted by molar-refractivity contribution is 6.40. The van der Waals surface area contributed by atoms with E-state index < -0.39 is 11.8 Å². The van der Waals surface area contributed by atoms with E-state index in [4.69, 9.17) is 0 Å². The number of piperazine rings is 1. The summed E-state index contributed by atoms with van der Waals surface area (Å²) in [5.74, 6) is -1.22. The molecule has 2 aliphatic rings. The Labute approximate surface area is 151 Å². The fraction of sp³-hybridized carbons (Fsp3) is 0.300. The SMILES string of the molecule is O=C(C(=O)N1CCc2ccccc21)N1CCN(c2ccccc2F)CC1. The van der Waals surface area contributed by atoms with Crippen molar-refractivity contribution in [2.75, 3.05) is 42.5 Å². The van der Waals surface area contributed by atoms with Crippen LogP contribution in [0.1, 0.15) is 5.56 Å². The third-order valence-corrected chi connectivity index (χ3v) is 5.08. The van der Waals surface area contributed by atoms with Crippen molar-refractivity contribution in [2.45, 2.75) is 6.42 Å². The van der Waals surface area contributed by atoms with Gasteiger partial charge < -0.3 is 14.7 Å². The van der Waals surface area contributed by atoms with Crippen LogP contribution in [0.25, 0.3) is 0 Å². The molecular weight excluding hydrogens is 333 g/mol. The molecule has 134 valence electrons. The Morgan fingerprint density at radius 3 is 2.15 bits per heavy atom. The van der Waals surface area contributed by atoms with E-state index in [1.54, 1.807) is 28.0 Å². The van der Waals surface area contributed by atoms with Gasteiger partial charge in [0, 0.05) is 38.4 Å². The predicted molar refractivity (Wildman–Crippen MR) is 97.7 cm³/mol. The number of nitrogens with zero attached hydrogens (tertiary/aromatic N) is 3. The van der Waals surface area contributed by atoms with Gasteiger partial charge in [-0.25, -0.2) is 4.39 Å². The van der Waals surface area contributed by atoms with Gasteiger partial charge in [-0.1, -0.05) is 30.3 Å². The summed E-state index contributed by atoms with van der Waals surface area (Å²) in [6.07, 6.45) is 0.774. The molecule has 0 unspecified atom stereocenters. The smallest absolute Gasteiger partial charge is 0.316 e. The van der Waals surface area contributed by atoms with Crippen LogP contribution in [0.15, 0.2) is 48.5 Å². The average Bonchev–Trinajstić information content (AvgIpc) is 3.11. The van der Waals surface area contributed by atoms with E-state index in [9.17, 15) is 14.0 Å². The number of carbonyl (C=O) groups excluding carboxylic acids is 2. The van der Waals surface area contributed by atoms with Gasteiger partial charge >= 0.3 is 11.8 Å². The molecule has 0 aliphatic carbocycles. The van der Waals surface area contributed by atoms with Crippen LogP contribution >= 0.6 is 0 Å². The van der Waals surface area contributed by atoms with E-state index in [1.807, 2.05) is 29.2 Å². The predicted octanol–water partition coefficient (Wildman–Crippen LogP) is 2.06. The Morgan fingerprint density at radius 1 is 0.769 bits per heavy atom. The lowest BCUT2D eigenvalue weighted by Gasteiger charge is -2.36. The summed E-state index contributed by atoms with van der Waals surface area (Å²) in [7, 11) is 0. The van der Waals surface area contributed by atoms with E-state index in [2.05, 4.69) is 0 Å². The summed E-state index contributed by atoms with van der Waals surface area (Å²) in [5, 5.41) is 0. The number of carbonyl (C=O) groups is 2. The number of halogens is 1. The van der Waals surface area contributed by atoms with E-state index in [-0.39, 0.29) is 5.82 Å². The molecule has 2 aromatic carbocycles. The summed E-state index contributed by atoms with van der Waals surface area (Å²) in [5.41, 5.74) is 2.47. The molecule has 6 heteroatoms. The summed E-state index contributed by atoms with van der Waals surface area (Å²) < 4.78 is 13.9. The highest BCUT2D eigenvalue weighted by Crippen LogP contribution is 2.28. The molecule has 4 rings (SSSR count). The molecule has 5 nitrogen and oxygen atoms in total. The van der Waals surface area contributed by atoms with Crippen molar-refractivity contribution in [1.29, 1.82) is 0 Å². The highest BCUT2D eigenvalue weighted by atomic mass is 19.1. The summed E-state index contributed by atoms with van der Waals surface area (Å²) >= 11 is 0. The first-order valence-electron chi connectivity index (χ1n) is 8.83. The lowest BCUT2D eigenvalue weighted by Crippen LogP contribution is -2.53. The number of para-hydroxylation sites is 2. The van der Waals surface area contributed by atoms with Gasteiger partial charge in [0.15, 0.2) is 0 Å². The van der Waals surface area contributed by atoms with Crippen molar-refractivity contribution in [3.63, 3.8) is 0 Å². The summed E-state index contributed by atoms with van der Waals surface area (Å²) in [6, 6.07) is 14.3. The number of benzene rings is 2. The number of fused-ring (bicyclic) bond motifs is 1. The van der Waals surface area contributed by atoms with Crippen LogP contribution < -0.4 is 9.80 Å². The van der Waals surface area contributed by atoms with Crippen LogP contribution in [-0.2, 0) is 16.0 Å². The van der Waals surface area contributed by atoms with Gasteiger partial charge in [-0.15, -0.1) is 0 Å². The van der Waals surface area contributed by atoms with E-state index in [1.165, 1.54) is 6.07 Å². The van der Waals surface area contributed by atoms with Crippen LogP contribution in [0.5, 0.6) is 0 Å². The fourth-order valence-electron chi connectivity index (χ4n) is 3.66. The highest BCUT2D eigenvalue weighted by Gasteiger charge is 2.33. The van der Waals surface area contributed by atoms with Gasteiger partial charge in [0.25, 0.3) is 0 Å². The largest absolute Gasteiger partial charge is 0.366 e. The maximum Gasteiger partial charge on any atom is 0.316 e. The minimum absolute atomic E-state index is 0.267. The van der Waals surface area contributed by atoms with Gasteiger partial charge in [0.1, 0.15) is 5.82 Å². The Bertz CT molecular complexity index is 846. The molecule has 2 aromatic rings. The molecule has 0 spiro atoms. The van der Waals surface area contributed by atoms with Gasteiger partial charge in [0.05, 0.1) is 5.69 Å². The molecule has 0 aromatic heterocycles. The third-order valence-electron chi connectivity index (χ3n) is 5.08. The minimum atomic E-state index is -0.478. The first-order chi connectivity index (χ1) is 12.6. The van der Waals surface area contributed by atoms with Gasteiger partial charge in [-0.05, 0) is 30.2 Å². The first-order valence-corrected chi connectivity index (χ1v) is 8.83. The molecule has 0 N–H and O–H groups in total. The van der Waals surface area contributed by atoms with Crippen molar-refractivity contribution in [3.8, 4) is 0 Å². The first kappa shape index (κ1) is 16.6. The molecule has 26 heavy (non-hydrogen) atoms. The molecule has 0 radical (unpaired) electrons. The number of rotatable bonds is 1. The number of hydrogen-bond donors (Lipinski definition) is 0. The zero-order chi connectivity index (χ0) is 18.1. The Balaban J connectivity index is 1.41. The average molecular weight is 353 g/mol. The lowest BCUT2D eigenvalue weighted by atomic mass is 10.2. The van der Waals surface area contributed by atoms with Crippen LogP contribution in [-0.4, -0.2) is 49.4 Å². The van der Waals surface area contributed by atoms with Crippen molar-refractivity contribution in [3.05, 3.63) is 59.9 Å². The zero-order valence-corrected chi connectivity index (χ0v) is 14.4. The monoisotopic (exact) mass is 353 g/mol. The van der Waals surface area contributed by atoms with Crippen molar-refractivity contribution in [2.24, 2.45) is 0 Å². The van der Waals surface area contributed by atoms with Crippen LogP contribution in [0.3, 0.4) is 0 Å².